The van der Waals surface area contributed by atoms with Gasteiger partial charge in [-0.25, -0.2) is 0 Å². The van der Waals surface area contributed by atoms with Crippen LogP contribution < -0.4 is 4.74 Å². The first-order valence-corrected chi connectivity index (χ1v) is 7.20. The number of alkyl halides is 1. The average Bonchev–Trinajstić information content (AvgIpc) is 2.28. The van der Waals surface area contributed by atoms with Gasteiger partial charge in [0.25, 0.3) is 0 Å². The average molecular weight is 299 g/mol. The fourth-order valence-corrected chi connectivity index (χ4v) is 3.05. The second-order valence-corrected chi connectivity index (χ2v) is 6.01. The second-order valence-electron chi connectivity index (χ2n) is 4.90. The van der Waals surface area contributed by atoms with Crippen LogP contribution in [0.4, 0.5) is 0 Å². The molecule has 0 aliphatic heterocycles. The van der Waals surface area contributed by atoms with E-state index in [2.05, 4.69) is 55.8 Å². The Labute approximate surface area is 114 Å². The molecular weight excluding hydrogens is 276 g/mol. The first-order chi connectivity index (χ1) is 7.99. The highest BCUT2D eigenvalue weighted by Gasteiger charge is 2.14. The van der Waals surface area contributed by atoms with Crippen LogP contribution in [-0.2, 0) is 0 Å². The summed E-state index contributed by atoms with van der Waals surface area (Å²) in [6.45, 7) is 8.77. The van der Waals surface area contributed by atoms with Crippen molar-refractivity contribution >= 4 is 15.9 Å². The van der Waals surface area contributed by atoms with Crippen molar-refractivity contribution in [3.63, 3.8) is 0 Å². The molecule has 0 radical (unpaired) electrons. The van der Waals surface area contributed by atoms with Gasteiger partial charge in [-0.1, -0.05) is 48.3 Å². The summed E-state index contributed by atoms with van der Waals surface area (Å²) in [6.07, 6.45) is 2.41. The van der Waals surface area contributed by atoms with E-state index in [9.17, 15) is 0 Å². The predicted molar refractivity (Wildman–Crippen MR) is 78.2 cm³/mol. The van der Waals surface area contributed by atoms with E-state index in [1.54, 1.807) is 7.11 Å². The molecule has 1 rings (SSSR count). The molecule has 0 aromatic heterocycles. The molecule has 0 saturated heterocycles. The maximum atomic E-state index is 5.40. The molecule has 0 bridgehead atoms. The van der Waals surface area contributed by atoms with Gasteiger partial charge in [-0.2, -0.15) is 0 Å². The van der Waals surface area contributed by atoms with E-state index < -0.39 is 0 Å². The van der Waals surface area contributed by atoms with Gasteiger partial charge < -0.3 is 4.74 Å². The van der Waals surface area contributed by atoms with Crippen LogP contribution in [0, 0.1) is 19.8 Å². The van der Waals surface area contributed by atoms with E-state index in [1.807, 2.05) is 0 Å². The monoisotopic (exact) mass is 298 g/mol. The molecule has 0 saturated carbocycles. The fourth-order valence-electron chi connectivity index (χ4n) is 2.14. The molecular formula is C15H23BrO. The number of benzene rings is 1. The highest BCUT2D eigenvalue weighted by molar-refractivity contribution is 9.09. The lowest BCUT2D eigenvalue weighted by Crippen LogP contribution is -2.01. The Kier molecular flexibility index (Phi) is 5.51. The number of rotatable bonds is 5. The Balaban J connectivity index is 2.92. The molecule has 0 amide bonds. The minimum absolute atomic E-state index is 0.445. The van der Waals surface area contributed by atoms with Crippen LogP contribution >= 0.6 is 15.9 Å². The molecule has 1 nitrogen and oxygen atoms in total. The van der Waals surface area contributed by atoms with Gasteiger partial charge >= 0.3 is 0 Å². The molecule has 0 N–H and O–H groups in total. The predicted octanol–water partition coefficient (Wildman–Crippen LogP) is 5.18. The van der Waals surface area contributed by atoms with E-state index in [-0.39, 0.29) is 0 Å². The molecule has 0 heterocycles. The molecule has 2 atom stereocenters. The van der Waals surface area contributed by atoms with Crippen LogP contribution in [0.5, 0.6) is 5.75 Å². The Hall–Kier alpha value is -0.500. The van der Waals surface area contributed by atoms with Crippen LogP contribution in [0.1, 0.15) is 48.2 Å². The van der Waals surface area contributed by atoms with Crippen molar-refractivity contribution in [2.75, 3.05) is 7.11 Å². The summed E-state index contributed by atoms with van der Waals surface area (Å²) in [6, 6.07) is 4.46. The highest BCUT2D eigenvalue weighted by atomic mass is 79.9. The summed E-state index contributed by atoms with van der Waals surface area (Å²) in [5.41, 5.74) is 3.80. The maximum absolute atomic E-state index is 5.40. The van der Waals surface area contributed by atoms with Crippen LogP contribution in [0.15, 0.2) is 12.1 Å². The zero-order chi connectivity index (χ0) is 13.0. The number of hydrogen-bond acceptors (Lipinski definition) is 1. The molecule has 1 aromatic rings. The van der Waals surface area contributed by atoms with Crippen molar-refractivity contribution in [1.82, 2.24) is 0 Å². The summed E-state index contributed by atoms with van der Waals surface area (Å²) in [4.78, 5) is 0.445. The molecule has 96 valence electrons. The minimum Gasteiger partial charge on any atom is -0.496 e. The van der Waals surface area contributed by atoms with Gasteiger partial charge in [0.05, 0.1) is 7.11 Å². The molecule has 0 spiro atoms. The van der Waals surface area contributed by atoms with Crippen molar-refractivity contribution in [1.29, 1.82) is 0 Å². The first-order valence-electron chi connectivity index (χ1n) is 6.28. The zero-order valence-corrected chi connectivity index (χ0v) is 13.1. The van der Waals surface area contributed by atoms with Crippen LogP contribution in [-0.4, -0.2) is 7.11 Å². The van der Waals surface area contributed by atoms with Crippen molar-refractivity contribution in [2.45, 2.75) is 45.4 Å². The van der Waals surface area contributed by atoms with Crippen LogP contribution in [0.3, 0.4) is 0 Å². The zero-order valence-electron chi connectivity index (χ0n) is 11.5. The normalized spacial score (nSPS) is 14.5. The van der Waals surface area contributed by atoms with Crippen molar-refractivity contribution < 1.29 is 4.74 Å². The molecule has 1 aromatic carbocycles. The number of aryl methyl sites for hydroxylation is 2. The Morgan fingerprint density at radius 2 is 1.76 bits per heavy atom. The van der Waals surface area contributed by atoms with Crippen molar-refractivity contribution in [3.8, 4) is 5.75 Å². The number of hydrogen-bond donors (Lipinski definition) is 0. The third-order valence-corrected chi connectivity index (χ3v) is 4.26. The van der Waals surface area contributed by atoms with Crippen LogP contribution in [0.2, 0.25) is 0 Å². The highest BCUT2D eigenvalue weighted by Crippen LogP contribution is 2.34. The smallest absolute Gasteiger partial charge is 0.124 e. The van der Waals surface area contributed by atoms with Crippen molar-refractivity contribution in [2.24, 2.45) is 5.92 Å². The lowest BCUT2D eigenvalue weighted by molar-refractivity contribution is 0.408. The van der Waals surface area contributed by atoms with Crippen LogP contribution in [0.25, 0.3) is 0 Å². The number of methoxy groups -OCH3 is 1. The van der Waals surface area contributed by atoms with Gasteiger partial charge in [-0.15, -0.1) is 0 Å². The topological polar surface area (TPSA) is 9.23 Å². The Morgan fingerprint density at radius 3 is 2.18 bits per heavy atom. The third-order valence-electron chi connectivity index (χ3n) is 3.35. The molecule has 0 aliphatic carbocycles. The van der Waals surface area contributed by atoms with Gasteiger partial charge in [0, 0.05) is 4.83 Å². The minimum atomic E-state index is 0.445. The lowest BCUT2D eigenvalue weighted by Gasteiger charge is -2.17. The summed E-state index contributed by atoms with van der Waals surface area (Å²) < 4.78 is 5.40. The Morgan fingerprint density at radius 1 is 1.24 bits per heavy atom. The molecule has 0 aliphatic rings. The van der Waals surface area contributed by atoms with Gasteiger partial charge in [0.2, 0.25) is 0 Å². The summed E-state index contributed by atoms with van der Waals surface area (Å²) in [5.74, 6) is 1.76. The van der Waals surface area contributed by atoms with Gasteiger partial charge in [0.1, 0.15) is 5.75 Å². The lowest BCUT2D eigenvalue weighted by atomic mass is 9.96. The van der Waals surface area contributed by atoms with E-state index in [0.29, 0.717) is 4.83 Å². The maximum Gasteiger partial charge on any atom is 0.124 e. The second kappa shape index (κ2) is 6.44. The molecule has 2 unspecified atom stereocenters. The molecule has 0 fully saturated rings. The standard InChI is InChI=1S/C15H23BrO/c1-6-10(2)7-14(16)13-8-11(3)15(17-5)12(4)9-13/h8-10,14H,6-7H2,1-5H3. The number of halogens is 1. The van der Waals surface area contributed by atoms with Gasteiger partial charge in [-0.05, 0) is 42.9 Å². The largest absolute Gasteiger partial charge is 0.496 e. The van der Waals surface area contributed by atoms with E-state index >= 15 is 0 Å². The first kappa shape index (κ1) is 14.6. The van der Waals surface area contributed by atoms with E-state index in [1.165, 1.54) is 29.5 Å². The van der Waals surface area contributed by atoms with E-state index in [4.69, 9.17) is 4.74 Å². The van der Waals surface area contributed by atoms with Gasteiger partial charge in [0.15, 0.2) is 0 Å². The summed E-state index contributed by atoms with van der Waals surface area (Å²) in [7, 11) is 1.74. The number of ether oxygens (including phenoxy) is 1. The fraction of sp³-hybridized carbons (Fsp3) is 0.600. The summed E-state index contributed by atoms with van der Waals surface area (Å²) >= 11 is 3.80. The van der Waals surface area contributed by atoms with E-state index in [0.717, 1.165) is 11.7 Å². The van der Waals surface area contributed by atoms with Gasteiger partial charge in [-0.3, -0.25) is 0 Å². The summed E-state index contributed by atoms with van der Waals surface area (Å²) in [5, 5.41) is 0. The Bertz CT molecular complexity index is 350. The third kappa shape index (κ3) is 3.74. The molecule has 17 heavy (non-hydrogen) atoms. The molecule has 2 heteroatoms. The quantitative estimate of drug-likeness (QED) is 0.680. The van der Waals surface area contributed by atoms with Crippen molar-refractivity contribution in [3.05, 3.63) is 28.8 Å². The SMILES string of the molecule is CCC(C)CC(Br)c1cc(C)c(OC)c(C)c1.